The van der Waals surface area contributed by atoms with Gasteiger partial charge in [0.15, 0.2) is 0 Å². The van der Waals surface area contributed by atoms with Crippen LogP contribution in [0.4, 0.5) is 5.82 Å². The Bertz CT molecular complexity index is 1390. The van der Waals surface area contributed by atoms with Crippen molar-refractivity contribution < 1.29 is 9.59 Å². The highest BCUT2D eigenvalue weighted by Crippen LogP contribution is 2.48. The molecule has 1 fully saturated rings. The van der Waals surface area contributed by atoms with E-state index in [0.29, 0.717) is 16.8 Å². The Hall–Kier alpha value is -2.77. The summed E-state index contributed by atoms with van der Waals surface area (Å²) >= 11 is 8.03. The second-order valence-electron chi connectivity index (χ2n) is 11.8. The number of thioether (sulfide) groups is 1. The SMILES string of the molecule is Cc1ccccc1-n1nc(C(C)(C)C)c2c1N(CC(=O)N1CCC(C)CC1)C(=O)CSC2c1cccc(Cl)c1. The highest BCUT2D eigenvalue weighted by atomic mass is 35.5. The Labute approximate surface area is 240 Å². The Balaban J connectivity index is 1.72. The smallest absolute Gasteiger partial charge is 0.242 e. The number of benzene rings is 2. The van der Waals surface area contributed by atoms with Gasteiger partial charge in [0.1, 0.15) is 12.4 Å². The monoisotopic (exact) mass is 564 g/mol. The van der Waals surface area contributed by atoms with Gasteiger partial charge in [-0.15, -0.1) is 11.8 Å². The lowest BCUT2D eigenvalue weighted by molar-refractivity contribution is -0.132. The van der Waals surface area contributed by atoms with Gasteiger partial charge in [0.2, 0.25) is 11.8 Å². The van der Waals surface area contributed by atoms with Crippen LogP contribution in [0.2, 0.25) is 5.02 Å². The third kappa shape index (κ3) is 5.62. The summed E-state index contributed by atoms with van der Waals surface area (Å²) in [6.07, 6.45) is 1.99. The van der Waals surface area contributed by atoms with Crippen molar-refractivity contribution >= 4 is 41.0 Å². The number of amides is 2. The predicted octanol–water partition coefficient (Wildman–Crippen LogP) is 6.56. The molecule has 2 aliphatic rings. The molecule has 1 atom stereocenters. The van der Waals surface area contributed by atoms with Gasteiger partial charge in [0.25, 0.3) is 0 Å². The van der Waals surface area contributed by atoms with Crippen LogP contribution >= 0.6 is 23.4 Å². The van der Waals surface area contributed by atoms with E-state index in [1.165, 1.54) is 0 Å². The van der Waals surface area contributed by atoms with Gasteiger partial charge in [0.05, 0.1) is 22.4 Å². The van der Waals surface area contributed by atoms with Crippen molar-refractivity contribution in [3.05, 3.63) is 75.9 Å². The molecule has 0 radical (unpaired) electrons. The van der Waals surface area contributed by atoms with Crippen LogP contribution in [0.3, 0.4) is 0 Å². The molecule has 1 unspecified atom stereocenters. The number of carbonyl (C=O) groups excluding carboxylic acids is 2. The molecule has 2 amide bonds. The number of rotatable bonds is 4. The average Bonchev–Trinajstić information content (AvgIpc) is 3.22. The van der Waals surface area contributed by atoms with Crippen LogP contribution in [0.5, 0.6) is 0 Å². The van der Waals surface area contributed by atoms with Gasteiger partial charge in [-0.2, -0.15) is 5.10 Å². The zero-order valence-corrected chi connectivity index (χ0v) is 25.0. The summed E-state index contributed by atoms with van der Waals surface area (Å²) in [5.74, 6) is 1.47. The highest BCUT2D eigenvalue weighted by Gasteiger charge is 2.40. The van der Waals surface area contributed by atoms with Gasteiger partial charge in [0, 0.05) is 29.1 Å². The maximum absolute atomic E-state index is 13.9. The molecule has 2 aliphatic heterocycles. The van der Waals surface area contributed by atoms with Gasteiger partial charge in [-0.25, -0.2) is 4.68 Å². The Kier molecular flexibility index (Phi) is 7.84. The van der Waals surface area contributed by atoms with Crippen LogP contribution in [0, 0.1) is 12.8 Å². The van der Waals surface area contributed by atoms with Gasteiger partial charge in [-0.05, 0) is 55.0 Å². The predicted molar refractivity (Wildman–Crippen MR) is 160 cm³/mol. The van der Waals surface area contributed by atoms with Crippen LogP contribution in [0.15, 0.2) is 48.5 Å². The summed E-state index contributed by atoms with van der Waals surface area (Å²) in [6, 6.07) is 15.9. The first-order chi connectivity index (χ1) is 18.5. The second kappa shape index (κ2) is 11.0. The number of likely N-dealkylation sites (tertiary alicyclic amines) is 1. The highest BCUT2D eigenvalue weighted by molar-refractivity contribution is 8.00. The third-order valence-corrected chi connectivity index (χ3v) is 9.21. The molecule has 1 aromatic heterocycles. The van der Waals surface area contributed by atoms with E-state index in [1.807, 2.05) is 59.0 Å². The number of halogens is 1. The fraction of sp³-hybridized carbons (Fsp3) is 0.452. The maximum atomic E-state index is 13.9. The van der Waals surface area contributed by atoms with Crippen molar-refractivity contribution in [1.29, 1.82) is 0 Å². The number of nitrogens with zero attached hydrogens (tertiary/aromatic N) is 4. The number of aromatic nitrogens is 2. The molecular formula is C31H37ClN4O2S. The lowest BCUT2D eigenvalue weighted by Crippen LogP contribution is -2.46. The number of anilines is 1. The number of hydrogen-bond donors (Lipinski definition) is 0. The average molecular weight is 565 g/mol. The number of piperidine rings is 1. The zero-order chi connectivity index (χ0) is 27.9. The second-order valence-corrected chi connectivity index (χ2v) is 13.4. The molecule has 2 aromatic carbocycles. The fourth-order valence-electron chi connectivity index (χ4n) is 5.47. The summed E-state index contributed by atoms with van der Waals surface area (Å²) in [5.41, 5.74) is 4.55. The van der Waals surface area contributed by atoms with Crippen molar-refractivity contribution in [3.63, 3.8) is 0 Å². The summed E-state index contributed by atoms with van der Waals surface area (Å²) < 4.78 is 1.90. The lowest BCUT2D eigenvalue weighted by atomic mass is 9.87. The van der Waals surface area contributed by atoms with Crippen molar-refractivity contribution in [2.75, 3.05) is 30.3 Å². The Morgan fingerprint density at radius 2 is 1.82 bits per heavy atom. The molecule has 6 nitrogen and oxygen atoms in total. The summed E-state index contributed by atoms with van der Waals surface area (Å²) in [4.78, 5) is 31.1. The molecule has 206 valence electrons. The number of hydrogen-bond acceptors (Lipinski definition) is 4. The van der Waals surface area contributed by atoms with Crippen molar-refractivity contribution in [3.8, 4) is 5.69 Å². The number of para-hydroxylation sites is 1. The van der Waals surface area contributed by atoms with Gasteiger partial charge >= 0.3 is 0 Å². The number of aryl methyl sites for hydroxylation is 1. The first-order valence-corrected chi connectivity index (χ1v) is 15.1. The van der Waals surface area contributed by atoms with Crippen molar-refractivity contribution in [2.45, 2.75) is 58.1 Å². The molecular weight excluding hydrogens is 528 g/mol. The normalized spacial score (nSPS) is 18.7. The van der Waals surface area contributed by atoms with E-state index in [9.17, 15) is 9.59 Å². The van der Waals surface area contributed by atoms with E-state index in [-0.39, 0.29) is 34.8 Å². The topological polar surface area (TPSA) is 58.4 Å². The van der Waals surface area contributed by atoms with E-state index in [1.54, 1.807) is 16.7 Å². The largest absolute Gasteiger partial charge is 0.341 e. The van der Waals surface area contributed by atoms with E-state index >= 15 is 0 Å². The van der Waals surface area contributed by atoms with Crippen LogP contribution < -0.4 is 4.90 Å². The molecule has 39 heavy (non-hydrogen) atoms. The van der Waals surface area contributed by atoms with Gasteiger partial charge in [-0.1, -0.05) is 69.6 Å². The molecule has 5 rings (SSSR count). The first kappa shape index (κ1) is 27.8. The summed E-state index contributed by atoms with van der Waals surface area (Å²) in [6.45, 7) is 12.2. The van der Waals surface area contributed by atoms with Crippen LogP contribution in [-0.4, -0.2) is 51.9 Å². The van der Waals surface area contributed by atoms with Crippen LogP contribution in [0.1, 0.15) is 68.2 Å². The van der Waals surface area contributed by atoms with Crippen LogP contribution in [0.25, 0.3) is 5.69 Å². The molecule has 3 aromatic rings. The summed E-state index contributed by atoms with van der Waals surface area (Å²) in [5, 5.41) is 5.69. The van der Waals surface area contributed by atoms with E-state index < -0.39 is 0 Å². The zero-order valence-electron chi connectivity index (χ0n) is 23.4. The number of carbonyl (C=O) groups is 2. The standard InChI is InChI=1S/C31H37ClN4O2S/c1-20-13-15-34(16-14-20)25(37)18-35-26(38)19-39-28(22-10-8-11-23(32)17-22)27-29(31(3,4)5)33-36(30(27)35)24-12-7-6-9-21(24)2/h6-12,17,20,28H,13-16,18-19H2,1-5H3. The van der Waals surface area contributed by atoms with Crippen molar-refractivity contribution in [2.24, 2.45) is 5.92 Å². The molecule has 8 heteroatoms. The van der Waals surface area contributed by atoms with E-state index in [4.69, 9.17) is 16.7 Å². The fourth-order valence-corrected chi connectivity index (χ4v) is 6.85. The molecule has 0 aliphatic carbocycles. The Morgan fingerprint density at radius 1 is 1.10 bits per heavy atom. The minimum Gasteiger partial charge on any atom is -0.341 e. The molecule has 3 heterocycles. The molecule has 0 N–H and O–H groups in total. The molecule has 0 saturated carbocycles. The van der Waals surface area contributed by atoms with E-state index in [2.05, 4.69) is 33.8 Å². The quantitative estimate of drug-likeness (QED) is 0.360. The molecule has 1 saturated heterocycles. The first-order valence-electron chi connectivity index (χ1n) is 13.7. The minimum absolute atomic E-state index is 0.00416. The van der Waals surface area contributed by atoms with E-state index in [0.717, 1.165) is 54.0 Å². The van der Waals surface area contributed by atoms with Crippen LogP contribution in [-0.2, 0) is 15.0 Å². The molecule has 0 spiro atoms. The summed E-state index contributed by atoms with van der Waals surface area (Å²) in [7, 11) is 0. The van der Waals surface area contributed by atoms with Gasteiger partial charge < -0.3 is 4.90 Å². The lowest BCUT2D eigenvalue weighted by Gasteiger charge is -2.32. The van der Waals surface area contributed by atoms with Crippen molar-refractivity contribution in [1.82, 2.24) is 14.7 Å². The minimum atomic E-state index is -0.304. The Morgan fingerprint density at radius 3 is 2.49 bits per heavy atom. The maximum Gasteiger partial charge on any atom is 0.242 e. The number of fused-ring (bicyclic) bond motifs is 1. The molecule has 0 bridgehead atoms. The third-order valence-electron chi connectivity index (χ3n) is 7.72. The van der Waals surface area contributed by atoms with Gasteiger partial charge in [-0.3, -0.25) is 14.5 Å².